The molecular formula is C8H5Cl2N3. The van der Waals surface area contributed by atoms with Gasteiger partial charge in [0.1, 0.15) is 5.84 Å². The number of rotatable bonds is 0. The monoisotopic (exact) mass is 213 g/mol. The van der Waals surface area contributed by atoms with Gasteiger partial charge in [-0.25, -0.2) is 4.99 Å². The van der Waals surface area contributed by atoms with Crippen LogP contribution in [0.15, 0.2) is 17.1 Å². The molecule has 1 aromatic rings. The molecule has 0 saturated carbocycles. The second-order valence-electron chi connectivity index (χ2n) is 2.66. The smallest absolute Gasteiger partial charge is 0.155 e. The summed E-state index contributed by atoms with van der Waals surface area (Å²) in [4.78, 5) is 3.80. The number of hydrogen-bond acceptors (Lipinski definition) is 2. The highest BCUT2D eigenvalue weighted by atomic mass is 35.5. The zero-order chi connectivity index (χ0) is 9.59. The van der Waals surface area contributed by atoms with E-state index in [9.17, 15) is 0 Å². The van der Waals surface area contributed by atoms with Gasteiger partial charge < -0.3 is 5.73 Å². The number of amidine groups is 2. The quantitative estimate of drug-likeness (QED) is 0.681. The Bertz CT molecular complexity index is 437. The van der Waals surface area contributed by atoms with Crippen molar-refractivity contribution in [2.45, 2.75) is 0 Å². The predicted octanol–water partition coefficient (Wildman–Crippen LogP) is 2.04. The molecule has 1 heterocycles. The fourth-order valence-corrected chi connectivity index (χ4v) is 1.52. The highest BCUT2D eigenvalue weighted by Crippen LogP contribution is 2.28. The lowest BCUT2D eigenvalue weighted by Crippen LogP contribution is -2.10. The first-order valence-corrected chi connectivity index (χ1v) is 4.27. The number of hydrogen-bond donors (Lipinski definition) is 2. The van der Waals surface area contributed by atoms with Crippen molar-refractivity contribution in [3.8, 4) is 0 Å². The van der Waals surface area contributed by atoms with Gasteiger partial charge in [0.2, 0.25) is 0 Å². The molecule has 1 aliphatic heterocycles. The lowest BCUT2D eigenvalue weighted by molar-refractivity contribution is 1.45. The summed E-state index contributed by atoms with van der Waals surface area (Å²) in [5.41, 5.74) is 6.87. The van der Waals surface area contributed by atoms with Crippen molar-refractivity contribution in [3.63, 3.8) is 0 Å². The van der Waals surface area contributed by atoms with Gasteiger partial charge in [-0.3, -0.25) is 5.41 Å². The fraction of sp³-hybridized carbons (Fsp3) is 0. The summed E-state index contributed by atoms with van der Waals surface area (Å²) in [6, 6.07) is 3.23. The zero-order valence-electron chi connectivity index (χ0n) is 6.44. The number of halogens is 2. The van der Waals surface area contributed by atoms with E-state index < -0.39 is 0 Å². The molecule has 0 aromatic heterocycles. The van der Waals surface area contributed by atoms with Gasteiger partial charge in [-0.2, -0.15) is 0 Å². The molecule has 0 aliphatic carbocycles. The Morgan fingerprint density at radius 1 is 1.15 bits per heavy atom. The SMILES string of the molecule is N=C1N=C(N)c2cc(Cl)c(Cl)cc21. The summed E-state index contributed by atoms with van der Waals surface area (Å²) >= 11 is 11.6. The number of benzene rings is 1. The van der Waals surface area contributed by atoms with Gasteiger partial charge in [0.25, 0.3) is 0 Å². The molecule has 1 aliphatic rings. The number of aliphatic imine (C=N–C) groups is 1. The molecular weight excluding hydrogens is 209 g/mol. The first-order valence-electron chi connectivity index (χ1n) is 3.52. The van der Waals surface area contributed by atoms with Crippen LogP contribution < -0.4 is 5.73 Å². The average molecular weight is 214 g/mol. The molecule has 13 heavy (non-hydrogen) atoms. The molecule has 5 heteroatoms. The first-order chi connectivity index (χ1) is 6.09. The molecule has 0 radical (unpaired) electrons. The van der Waals surface area contributed by atoms with Crippen LogP contribution in [0.1, 0.15) is 11.1 Å². The first kappa shape index (κ1) is 8.53. The summed E-state index contributed by atoms with van der Waals surface area (Å²) in [6.07, 6.45) is 0. The van der Waals surface area contributed by atoms with E-state index in [2.05, 4.69) is 4.99 Å². The standard InChI is InChI=1S/C8H5Cl2N3/c9-5-1-3-4(2-6(5)10)8(12)13-7(3)11/h1-2H,(H3,11,12,13). The van der Waals surface area contributed by atoms with Crippen molar-refractivity contribution in [1.29, 1.82) is 5.41 Å². The normalized spacial score (nSPS) is 14.3. The highest BCUT2D eigenvalue weighted by molar-refractivity contribution is 6.43. The van der Waals surface area contributed by atoms with E-state index in [1.54, 1.807) is 12.1 Å². The largest absolute Gasteiger partial charge is 0.383 e. The van der Waals surface area contributed by atoms with Gasteiger partial charge >= 0.3 is 0 Å². The van der Waals surface area contributed by atoms with E-state index >= 15 is 0 Å². The molecule has 0 fully saturated rings. The van der Waals surface area contributed by atoms with E-state index in [0.717, 1.165) is 0 Å². The van der Waals surface area contributed by atoms with E-state index in [1.165, 1.54) is 0 Å². The fourth-order valence-electron chi connectivity index (χ4n) is 1.20. The molecule has 0 atom stereocenters. The van der Waals surface area contributed by atoms with Crippen LogP contribution in [0.25, 0.3) is 0 Å². The summed E-state index contributed by atoms with van der Waals surface area (Å²) in [5.74, 6) is 0.449. The van der Waals surface area contributed by atoms with E-state index in [1.807, 2.05) is 0 Å². The van der Waals surface area contributed by atoms with Crippen LogP contribution in [0.5, 0.6) is 0 Å². The second-order valence-corrected chi connectivity index (χ2v) is 3.47. The molecule has 3 nitrogen and oxygen atoms in total. The maximum Gasteiger partial charge on any atom is 0.155 e. The van der Waals surface area contributed by atoms with Gasteiger partial charge in [0.05, 0.1) is 10.0 Å². The van der Waals surface area contributed by atoms with Crippen molar-refractivity contribution in [3.05, 3.63) is 33.3 Å². The van der Waals surface area contributed by atoms with E-state index in [4.69, 9.17) is 34.3 Å². The van der Waals surface area contributed by atoms with E-state index in [-0.39, 0.29) is 5.84 Å². The Balaban J connectivity index is 2.72. The van der Waals surface area contributed by atoms with Crippen LogP contribution in [0.4, 0.5) is 0 Å². The summed E-state index contributed by atoms with van der Waals surface area (Å²) < 4.78 is 0. The van der Waals surface area contributed by atoms with Crippen molar-refractivity contribution in [2.75, 3.05) is 0 Å². The van der Waals surface area contributed by atoms with Crippen LogP contribution in [0, 0.1) is 5.41 Å². The maximum atomic E-state index is 7.46. The molecule has 0 spiro atoms. The third-order valence-electron chi connectivity index (χ3n) is 1.82. The van der Waals surface area contributed by atoms with Crippen LogP contribution in [-0.2, 0) is 0 Å². The Hall–Kier alpha value is -1.06. The van der Waals surface area contributed by atoms with Gasteiger partial charge in [0, 0.05) is 11.1 Å². The summed E-state index contributed by atoms with van der Waals surface area (Å²) in [5, 5.41) is 8.30. The van der Waals surface area contributed by atoms with Gasteiger partial charge in [-0.1, -0.05) is 23.2 Å². The van der Waals surface area contributed by atoms with Gasteiger partial charge in [0.15, 0.2) is 5.84 Å². The lowest BCUT2D eigenvalue weighted by atomic mass is 10.1. The molecule has 0 amide bonds. The van der Waals surface area contributed by atoms with Gasteiger partial charge in [-0.15, -0.1) is 0 Å². The van der Waals surface area contributed by atoms with Gasteiger partial charge in [-0.05, 0) is 12.1 Å². The predicted molar refractivity (Wildman–Crippen MR) is 54.0 cm³/mol. The molecule has 0 saturated heterocycles. The minimum absolute atomic E-state index is 0.131. The van der Waals surface area contributed by atoms with Crippen LogP contribution in [0.3, 0.4) is 0 Å². The highest BCUT2D eigenvalue weighted by Gasteiger charge is 2.19. The topological polar surface area (TPSA) is 62.2 Å². The van der Waals surface area contributed by atoms with Crippen molar-refractivity contribution >= 4 is 34.9 Å². The van der Waals surface area contributed by atoms with Crippen LogP contribution in [-0.4, -0.2) is 11.7 Å². The summed E-state index contributed by atoms with van der Waals surface area (Å²) in [7, 11) is 0. The molecule has 3 N–H and O–H groups in total. The number of nitrogens with one attached hydrogen (secondary N) is 1. The number of nitrogens with two attached hydrogens (primary N) is 1. The molecule has 0 bridgehead atoms. The molecule has 1 aromatic carbocycles. The molecule has 66 valence electrons. The number of nitrogens with zero attached hydrogens (tertiary/aromatic N) is 1. The molecule has 0 unspecified atom stereocenters. The molecule has 2 rings (SSSR count). The van der Waals surface area contributed by atoms with E-state index in [0.29, 0.717) is 27.0 Å². The number of fused-ring (bicyclic) bond motifs is 1. The Morgan fingerprint density at radius 3 is 2.31 bits per heavy atom. The third kappa shape index (κ3) is 1.20. The third-order valence-corrected chi connectivity index (χ3v) is 2.55. The van der Waals surface area contributed by atoms with Crippen LogP contribution in [0.2, 0.25) is 10.0 Å². The van der Waals surface area contributed by atoms with Crippen molar-refractivity contribution < 1.29 is 0 Å². The van der Waals surface area contributed by atoms with Crippen molar-refractivity contribution in [2.24, 2.45) is 10.7 Å². The zero-order valence-corrected chi connectivity index (χ0v) is 7.95. The Morgan fingerprint density at radius 2 is 1.69 bits per heavy atom. The second kappa shape index (κ2) is 2.72. The van der Waals surface area contributed by atoms with Crippen LogP contribution >= 0.6 is 23.2 Å². The Labute approximate surface area is 84.7 Å². The minimum atomic E-state index is 0.131. The average Bonchev–Trinajstić information content (AvgIpc) is 2.31. The summed E-state index contributed by atoms with van der Waals surface area (Å²) in [6.45, 7) is 0. The van der Waals surface area contributed by atoms with Crippen molar-refractivity contribution in [1.82, 2.24) is 0 Å². The lowest BCUT2D eigenvalue weighted by Gasteiger charge is -2.01. The maximum absolute atomic E-state index is 7.46. The Kier molecular flexibility index (Phi) is 1.78. The minimum Gasteiger partial charge on any atom is -0.383 e.